The molecule has 0 saturated carbocycles. The van der Waals surface area contributed by atoms with Gasteiger partial charge in [-0.3, -0.25) is 0 Å². The van der Waals surface area contributed by atoms with Crippen molar-refractivity contribution in [3.63, 3.8) is 0 Å². The van der Waals surface area contributed by atoms with Crippen LogP contribution in [0.15, 0.2) is 18.2 Å². The molecule has 0 aliphatic rings. The number of fused-ring (bicyclic) bond motifs is 1. The van der Waals surface area contributed by atoms with Crippen LogP contribution in [0, 0.1) is 25.5 Å². The Labute approximate surface area is 123 Å². The smallest absolute Gasteiger partial charge is 0.162 e. The molecular formula is C14H9ClF2N2S. The molecule has 20 heavy (non-hydrogen) atoms. The molecule has 2 nitrogen and oxygen atoms in total. The summed E-state index contributed by atoms with van der Waals surface area (Å²) in [5.41, 5.74) is 1.45. The van der Waals surface area contributed by atoms with Crippen LogP contribution in [-0.2, 0) is 0 Å². The van der Waals surface area contributed by atoms with Gasteiger partial charge in [0.05, 0.1) is 5.39 Å². The number of thiophene rings is 1. The molecule has 2 aromatic heterocycles. The quantitative estimate of drug-likeness (QED) is 0.597. The van der Waals surface area contributed by atoms with Gasteiger partial charge in [-0.15, -0.1) is 11.3 Å². The fourth-order valence-corrected chi connectivity index (χ4v) is 3.36. The minimum absolute atomic E-state index is 0.294. The fraction of sp³-hybridized carbons (Fsp3) is 0.143. The van der Waals surface area contributed by atoms with Crippen LogP contribution in [0.25, 0.3) is 21.6 Å². The minimum Gasteiger partial charge on any atom is -0.217 e. The van der Waals surface area contributed by atoms with Gasteiger partial charge in [0.1, 0.15) is 9.98 Å². The SMILES string of the molecule is Cc1sc2nc(-c3ccc(F)c(F)c3)nc(Cl)c2c1C. The van der Waals surface area contributed by atoms with Gasteiger partial charge in [0, 0.05) is 10.4 Å². The van der Waals surface area contributed by atoms with Crippen molar-refractivity contribution in [3.8, 4) is 11.4 Å². The van der Waals surface area contributed by atoms with E-state index in [1.54, 1.807) is 0 Å². The third-order valence-corrected chi connectivity index (χ3v) is 4.54. The lowest BCUT2D eigenvalue weighted by Gasteiger charge is -2.03. The molecule has 1 aromatic carbocycles. The Hall–Kier alpha value is -1.59. The molecule has 102 valence electrons. The van der Waals surface area contributed by atoms with Crippen molar-refractivity contribution in [2.75, 3.05) is 0 Å². The van der Waals surface area contributed by atoms with Crippen molar-refractivity contribution in [3.05, 3.63) is 45.4 Å². The molecule has 0 aliphatic carbocycles. The summed E-state index contributed by atoms with van der Waals surface area (Å²) >= 11 is 7.70. The van der Waals surface area contributed by atoms with Gasteiger partial charge < -0.3 is 0 Å². The molecule has 0 spiro atoms. The standard InChI is InChI=1S/C14H9ClF2N2S/c1-6-7(2)20-14-11(6)12(15)18-13(19-14)8-3-4-9(16)10(17)5-8/h3-5H,1-2H3. The average molecular weight is 311 g/mol. The lowest BCUT2D eigenvalue weighted by Crippen LogP contribution is -1.92. The van der Waals surface area contributed by atoms with Gasteiger partial charge >= 0.3 is 0 Å². The Morgan fingerprint density at radius 2 is 1.85 bits per heavy atom. The van der Waals surface area contributed by atoms with Crippen LogP contribution in [0.5, 0.6) is 0 Å². The lowest BCUT2D eigenvalue weighted by molar-refractivity contribution is 0.509. The lowest BCUT2D eigenvalue weighted by atomic mass is 10.2. The van der Waals surface area contributed by atoms with Crippen LogP contribution in [0.4, 0.5) is 8.78 Å². The van der Waals surface area contributed by atoms with E-state index < -0.39 is 11.6 Å². The summed E-state index contributed by atoms with van der Waals surface area (Å²) in [6.45, 7) is 3.94. The third kappa shape index (κ3) is 2.07. The first-order valence-electron chi connectivity index (χ1n) is 5.86. The summed E-state index contributed by atoms with van der Waals surface area (Å²) < 4.78 is 26.2. The number of nitrogens with zero attached hydrogens (tertiary/aromatic N) is 2. The summed E-state index contributed by atoms with van der Waals surface area (Å²) in [6, 6.07) is 3.56. The Kier molecular flexibility index (Phi) is 3.18. The predicted octanol–water partition coefficient (Wildman–Crippen LogP) is 4.91. The molecule has 0 fully saturated rings. The summed E-state index contributed by atoms with van der Waals surface area (Å²) in [5.74, 6) is -1.53. The van der Waals surface area contributed by atoms with Crippen LogP contribution in [0.2, 0.25) is 5.15 Å². The van der Waals surface area contributed by atoms with E-state index in [-0.39, 0.29) is 0 Å². The predicted molar refractivity (Wildman–Crippen MR) is 77.3 cm³/mol. The van der Waals surface area contributed by atoms with Gasteiger partial charge in [-0.05, 0) is 37.6 Å². The number of aromatic nitrogens is 2. The molecule has 0 radical (unpaired) electrons. The molecule has 0 amide bonds. The van der Waals surface area contributed by atoms with Gasteiger partial charge in [-0.25, -0.2) is 18.7 Å². The van der Waals surface area contributed by atoms with E-state index in [4.69, 9.17) is 11.6 Å². The molecule has 0 N–H and O–H groups in total. The Balaban J connectivity index is 2.24. The number of aryl methyl sites for hydroxylation is 2. The number of rotatable bonds is 1. The molecule has 0 atom stereocenters. The highest BCUT2D eigenvalue weighted by Gasteiger charge is 2.15. The summed E-state index contributed by atoms with van der Waals surface area (Å²) in [5, 5.41) is 1.15. The van der Waals surface area contributed by atoms with E-state index in [9.17, 15) is 8.78 Å². The van der Waals surface area contributed by atoms with E-state index in [0.717, 1.165) is 32.8 Å². The summed E-state index contributed by atoms with van der Waals surface area (Å²) in [6.07, 6.45) is 0. The number of halogens is 3. The average Bonchev–Trinajstić information content (AvgIpc) is 2.68. The van der Waals surface area contributed by atoms with E-state index in [2.05, 4.69) is 9.97 Å². The third-order valence-electron chi connectivity index (χ3n) is 3.16. The number of hydrogen-bond acceptors (Lipinski definition) is 3. The number of hydrogen-bond donors (Lipinski definition) is 0. The molecule has 3 aromatic rings. The van der Waals surface area contributed by atoms with Crippen LogP contribution in [0.1, 0.15) is 10.4 Å². The first kappa shape index (κ1) is 13.4. The second-order valence-corrected chi connectivity index (χ2v) is 5.99. The van der Waals surface area contributed by atoms with Crippen molar-refractivity contribution in [1.82, 2.24) is 9.97 Å². The second kappa shape index (κ2) is 4.75. The first-order valence-corrected chi connectivity index (χ1v) is 7.05. The maximum Gasteiger partial charge on any atom is 0.162 e. The first-order chi connectivity index (χ1) is 9.47. The van der Waals surface area contributed by atoms with Crippen molar-refractivity contribution >= 4 is 33.2 Å². The van der Waals surface area contributed by atoms with Crippen LogP contribution >= 0.6 is 22.9 Å². The zero-order valence-electron chi connectivity index (χ0n) is 10.7. The van der Waals surface area contributed by atoms with E-state index in [0.29, 0.717) is 16.5 Å². The van der Waals surface area contributed by atoms with Crippen LogP contribution in [-0.4, -0.2) is 9.97 Å². The van der Waals surface area contributed by atoms with Gasteiger partial charge in [0.2, 0.25) is 0 Å². The van der Waals surface area contributed by atoms with Crippen molar-refractivity contribution in [2.45, 2.75) is 13.8 Å². The van der Waals surface area contributed by atoms with E-state index in [1.165, 1.54) is 17.4 Å². The Bertz CT molecular complexity index is 830. The fourth-order valence-electron chi connectivity index (χ4n) is 1.97. The highest BCUT2D eigenvalue weighted by atomic mass is 35.5. The van der Waals surface area contributed by atoms with Gasteiger partial charge in [0.25, 0.3) is 0 Å². The largest absolute Gasteiger partial charge is 0.217 e. The van der Waals surface area contributed by atoms with E-state index in [1.807, 2.05) is 13.8 Å². The normalized spacial score (nSPS) is 11.2. The molecule has 0 bridgehead atoms. The van der Waals surface area contributed by atoms with Gasteiger partial charge in [-0.2, -0.15) is 0 Å². The second-order valence-electron chi connectivity index (χ2n) is 4.43. The number of benzene rings is 1. The molecular weight excluding hydrogens is 302 g/mol. The topological polar surface area (TPSA) is 25.8 Å². The minimum atomic E-state index is -0.930. The molecule has 0 aliphatic heterocycles. The summed E-state index contributed by atoms with van der Waals surface area (Å²) in [4.78, 5) is 10.4. The molecule has 3 rings (SSSR count). The van der Waals surface area contributed by atoms with Gasteiger partial charge in [0.15, 0.2) is 17.5 Å². The zero-order chi connectivity index (χ0) is 14.4. The van der Waals surface area contributed by atoms with Crippen LogP contribution < -0.4 is 0 Å². The van der Waals surface area contributed by atoms with Crippen LogP contribution in [0.3, 0.4) is 0 Å². The van der Waals surface area contributed by atoms with Gasteiger partial charge in [-0.1, -0.05) is 11.6 Å². The molecule has 2 heterocycles. The van der Waals surface area contributed by atoms with Crippen molar-refractivity contribution < 1.29 is 8.78 Å². The van der Waals surface area contributed by atoms with E-state index >= 15 is 0 Å². The zero-order valence-corrected chi connectivity index (χ0v) is 12.2. The monoisotopic (exact) mass is 310 g/mol. The Morgan fingerprint density at radius 1 is 1.10 bits per heavy atom. The Morgan fingerprint density at radius 3 is 2.55 bits per heavy atom. The highest BCUT2D eigenvalue weighted by Crippen LogP contribution is 2.34. The maximum atomic E-state index is 13.3. The molecule has 0 unspecified atom stereocenters. The van der Waals surface area contributed by atoms with Crippen molar-refractivity contribution in [1.29, 1.82) is 0 Å². The molecule has 0 saturated heterocycles. The van der Waals surface area contributed by atoms with Crippen molar-refractivity contribution in [2.24, 2.45) is 0 Å². The summed E-state index contributed by atoms with van der Waals surface area (Å²) in [7, 11) is 0. The maximum absolute atomic E-state index is 13.3. The molecule has 6 heteroatoms. The highest BCUT2D eigenvalue weighted by molar-refractivity contribution is 7.18.